The molecular weight excluding hydrogens is 356 g/mol. The number of hydrogen-bond acceptors (Lipinski definition) is 3. The van der Waals surface area contributed by atoms with E-state index in [0.29, 0.717) is 13.1 Å². The summed E-state index contributed by atoms with van der Waals surface area (Å²) in [5, 5.41) is 9.58. The maximum Gasteiger partial charge on any atom is 0.308 e. The van der Waals surface area contributed by atoms with E-state index in [2.05, 4.69) is 31.9 Å². The van der Waals surface area contributed by atoms with Gasteiger partial charge in [-0.3, -0.25) is 14.7 Å². The van der Waals surface area contributed by atoms with Crippen molar-refractivity contribution >= 4 is 21.9 Å². The highest BCUT2D eigenvalue weighted by atomic mass is 79.9. The van der Waals surface area contributed by atoms with Crippen LogP contribution in [0.2, 0.25) is 0 Å². The molecule has 4 nitrogen and oxygen atoms in total. The van der Waals surface area contributed by atoms with Gasteiger partial charge in [-0.2, -0.15) is 0 Å². The van der Waals surface area contributed by atoms with Crippen LogP contribution >= 0.6 is 15.9 Å². The van der Waals surface area contributed by atoms with Crippen LogP contribution in [0.5, 0.6) is 0 Å². The number of carboxylic acids is 1. The third-order valence-corrected chi connectivity index (χ3v) is 4.90. The van der Waals surface area contributed by atoms with Crippen molar-refractivity contribution in [1.82, 2.24) is 9.88 Å². The molecule has 0 spiro atoms. The van der Waals surface area contributed by atoms with Gasteiger partial charge in [0.1, 0.15) is 0 Å². The molecule has 2 atom stereocenters. The van der Waals surface area contributed by atoms with E-state index >= 15 is 0 Å². The number of hydrogen-bond donors (Lipinski definition) is 1. The van der Waals surface area contributed by atoms with Gasteiger partial charge in [0.2, 0.25) is 0 Å². The minimum Gasteiger partial charge on any atom is -0.481 e. The molecule has 120 valence electrons. The fraction of sp³-hybridized carbons (Fsp3) is 0.333. The van der Waals surface area contributed by atoms with Crippen LogP contribution in [-0.4, -0.2) is 34.0 Å². The van der Waals surface area contributed by atoms with Crippen LogP contribution in [0.3, 0.4) is 0 Å². The van der Waals surface area contributed by atoms with Gasteiger partial charge in [0.15, 0.2) is 0 Å². The number of aryl methyl sites for hydroxylation is 1. The summed E-state index contributed by atoms with van der Waals surface area (Å²) < 4.78 is 1.01. The zero-order valence-corrected chi connectivity index (χ0v) is 14.5. The molecule has 23 heavy (non-hydrogen) atoms. The summed E-state index contributed by atoms with van der Waals surface area (Å²) in [5.41, 5.74) is 3.25. The summed E-state index contributed by atoms with van der Waals surface area (Å²) in [6, 6.07) is 12.0. The van der Waals surface area contributed by atoms with Gasteiger partial charge in [-0.05, 0) is 42.3 Å². The molecule has 3 rings (SSSR count). The summed E-state index contributed by atoms with van der Waals surface area (Å²) >= 11 is 3.43. The number of aromatic nitrogens is 1. The Kier molecular flexibility index (Phi) is 4.78. The Morgan fingerprint density at radius 3 is 2.70 bits per heavy atom. The van der Waals surface area contributed by atoms with E-state index in [0.717, 1.165) is 22.3 Å². The molecule has 1 aliphatic rings. The number of benzene rings is 1. The normalized spacial score (nSPS) is 21.5. The smallest absolute Gasteiger partial charge is 0.308 e. The lowest BCUT2D eigenvalue weighted by molar-refractivity contribution is -0.141. The Morgan fingerprint density at radius 1 is 1.30 bits per heavy atom. The van der Waals surface area contributed by atoms with Crippen molar-refractivity contribution in [3.63, 3.8) is 0 Å². The standard InChI is InChI=1S/C18H19BrN2O2/c1-12-6-7-20-15(8-12)9-21-10-16(17(11-21)18(22)23)13-2-4-14(19)5-3-13/h2-8,16-17H,9-11H2,1H3,(H,22,23)/t16-,17+/m0/s1. The van der Waals surface area contributed by atoms with Crippen molar-refractivity contribution < 1.29 is 9.90 Å². The summed E-state index contributed by atoms with van der Waals surface area (Å²) in [6.07, 6.45) is 1.81. The van der Waals surface area contributed by atoms with E-state index in [1.807, 2.05) is 43.5 Å². The Bertz CT molecular complexity index is 702. The lowest BCUT2D eigenvalue weighted by Gasteiger charge is -2.16. The van der Waals surface area contributed by atoms with E-state index in [-0.39, 0.29) is 11.8 Å². The molecule has 1 saturated heterocycles. The summed E-state index contributed by atoms with van der Waals surface area (Å²) in [4.78, 5) is 18.2. The van der Waals surface area contributed by atoms with Crippen molar-refractivity contribution in [3.05, 3.63) is 63.9 Å². The van der Waals surface area contributed by atoms with Crippen molar-refractivity contribution in [1.29, 1.82) is 0 Å². The van der Waals surface area contributed by atoms with E-state index in [4.69, 9.17) is 0 Å². The topological polar surface area (TPSA) is 53.4 Å². The fourth-order valence-corrected chi connectivity index (χ4v) is 3.49. The molecule has 2 heterocycles. The Labute approximate surface area is 144 Å². The SMILES string of the molecule is Cc1ccnc(CN2C[C@@H](C(=O)O)[C@H](c3ccc(Br)cc3)C2)c1. The molecule has 0 unspecified atom stereocenters. The molecule has 0 saturated carbocycles. The molecule has 5 heteroatoms. The summed E-state index contributed by atoms with van der Waals surface area (Å²) in [5.74, 6) is -1.08. The fourth-order valence-electron chi connectivity index (χ4n) is 3.23. The first kappa shape index (κ1) is 16.1. The highest BCUT2D eigenvalue weighted by Crippen LogP contribution is 2.34. The zero-order chi connectivity index (χ0) is 16.4. The highest BCUT2D eigenvalue weighted by Gasteiger charge is 2.38. The maximum atomic E-state index is 11.7. The van der Waals surface area contributed by atoms with Gasteiger partial charge in [0, 0.05) is 36.2 Å². The molecule has 1 N–H and O–H groups in total. The average Bonchev–Trinajstić information content (AvgIpc) is 2.92. The number of likely N-dealkylation sites (tertiary alicyclic amines) is 1. The van der Waals surface area contributed by atoms with E-state index in [1.165, 1.54) is 5.56 Å². The second-order valence-electron chi connectivity index (χ2n) is 6.12. The van der Waals surface area contributed by atoms with Crippen LogP contribution in [0, 0.1) is 12.8 Å². The lowest BCUT2D eigenvalue weighted by Crippen LogP contribution is -2.23. The monoisotopic (exact) mass is 374 g/mol. The molecule has 0 radical (unpaired) electrons. The van der Waals surface area contributed by atoms with Gasteiger partial charge in [-0.15, -0.1) is 0 Å². The highest BCUT2D eigenvalue weighted by molar-refractivity contribution is 9.10. The van der Waals surface area contributed by atoms with Crippen molar-refractivity contribution in [2.75, 3.05) is 13.1 Å². The molecule has 0 amide bonds. The van der Waals surface area contributed by atoms with Crippen LogP contribution in [0.25, 0.3) is 0 Å². The number of nitrogens with zero attached hydrogens (tertiary/aromatic N) is 2. The van der Waals surface area contributed by atoms with Crippen LogP contribution in [0.1, 0.15) is 22.7 Å². The van der Waals surface area contributed by atoms with Gasteiger partial charge < -0.3 is 5.11 Å². The van der Waals surface area contributed by atoms with Gasteiger partial charge >= 0.3 is 5.97 Å². The number of carboxylic acid groups (broad SMARTS) is 1. The van der Waals surface area contributed by atoms with E-state index < -0.39 is 5.97 Å². The number of aliphatic carboxylic acids is 1. The summed E-state index contributed by atoms with van der Waals surface area (Å²) in [6.45, 7) is 4.04. The number of carbonyl (C=O) groups is 1. The second kappa shape index (κ2) is 6.81. The average molecular weight is 375 g/mol. The van der Waals surface area contributed by atoms with Crippen molar-refractivity contribution in [2.45, 2.75) is 19.4 Å². The first-order valence-electron chi connectivity index (χ1n) is 7.65. The molecule has 1 aromatic carbocycles. The summed E-state index contributed by atoms with van der Waals surface area (Å²) in [7, 11) is 0. The van der Waals surface area contributed by atoms with E-state index in [9.17, 15) is 9.90 Å². The molecule has 1 fully saturated rings. The number of rotatable bonds is 4. The third kappa shape index (κ3) is 3.79. The van der Waals surface area contributed by atoms with Crippen LogP contribution in [0.4, 0.5) is 0 Å². The maximum absolute atomic E-state index is 11.7. The van der Waals surface area contributed by atoms with Crippen LogP contribution < -0.4 is 0 Å². The molecule has 0 aliphatic carbocycles. The molecular formula is C18H19BrN2O2. The minimum atomic E-state index is -0.724. The van der Waals surface area contributed by atoms with Crippen LogP contribution in [-0.2, 0) is 11.3 Å². The van der Waals surface area contributed by atoms with Gasteiger partial charge in [-0.1, -0.05) is 28.1 Å². The molecule has 0 bridgehead atoms. The lowest BCUT2D eigenvalue weighted by atomic mass is 9.89. The predicted molar refractivity (Wildman–Crippen MR) is 92.3 cm³/mol. The van der Waals surface area contributed by atoms with Gasteiger partial charge in [0.05, 0.1) is 11.6 Å². The number of pyridine rings is 1. The molecule has 2 aromatic rings. The molecule has 1 aliphatic heterocycles. The van der Waals surface area contributed by atoms with Crippen molar-refractivity contribution in [2.24, 2.45) is 5.92 Å². The first-order chi connectivity index (χ1) is 11.0. The Hall–Kier alpha value is -1.72. The van der Waals surface area contributed by atoms with Gasteiger partial charge in [0.25, 0.3) is 0 Å². The quantitative estimate of drug-likeness (QED) is 0.890. The molecule has 1 aromatic heterocycles. The Morgan fingerprint density at radius 2 is 2.04 bits per heavy atom. The van der Waals surface area contributed by atoms with Crippen LogP contribution in [0.15, 0.2) is 47.1 Å². The minimum absolute atomic E-state index is 0.0189. The number of halogens is 1. The van der Waals surface area contributed by atoms with Crippen molar-refractivity contribution in [3.8, 4) is 0 Å². The third-order valence-electron chi connectivity index (χ3n) is 4.37. The Balaban J connectivity index is 1.78. The first-order valence-corrected chi connectivity index (χ1v) is 8.44. The van der Waals surface area contributed by atoms with E-state index in [1.54, 1.807) is 0 Å². The largest absolute Gasteiger partial charge is 0.481 e. The second-order valence-corrected chi connectivity index (χ2v) is 7.04. The predicted octanol–water partition coefficient (Wildman–Crippen LogP) is 3.45. The zero-order valence-electron chi connectivity index (χ0n) is 12.9. The van der Waals surface area contributed by atoms with Gasteiger partial charge in [-0.25, -0.2) is 0 Å².